The number of nitrogens with zero attached hydrogens (tertiary/aromatic N) is 7. The van der Waals surface area contributed by atoms with Gasteiger partial charge in [0.25, 0.3) is 0 Å². The lowest BCUT2D eigenvalue weighted by Crippen LogP contribution is -2.47. The van der Waals surface area contributed by atoms with Gasteiger partial charge in [0.1, 0.15) is 11.6 Å². The Morgan fingerprint density at radius 1 is 1.00 bits per heavy atom. The first-order valence-electron chi connectivity index (χ1n) is 11.4. The molecule has 0 saturated carbocycles. The summed E-state index contributed by atoms with van der Waals surface area (Å²) in [6.45, 7) is 8.49. The van der Waals surface area contributed by atoms with Crippen LogP contribution in [0, 0.1) is 12.7 Å². The van der Waals surface area contributed by atoms with Gasteiger partial charge in [0.05, 0.1) is 16.9 Å². The molecule has 1 atom stereocenters. The third kappa shape index (κ3) is 4.44. The van der Waals surface area contributed by atoms with E-state index in [4.69, 9.17) is 21.6 Å². The molecular weight excluding hydrogens is 441 g/mol. The molecule has 4 heterocycles. The molecule has 0 aliphatic carbocycles. The molecule has 2 fully saturated rings. The summed E-state index contributed by atoms with van der Waals surface area (Å²) in [4.78, 5) is 16.6. The van der Waals surface area contributed by atoms with Crippen molar-refractivity contribution < 1.29 is 4.39 Å². The van der Waals surface area contributed by atoms with Crippen LogP contribution in [0.4, 0.5) is 22.0 Å². The monoisotopic (exact) mass is 467 g/mol. The third-order valence-electron chi connectivity index (χ3n) is 6.53. The van der Waals surface area contributed by atoms with E-state index in [-0.39, 0.29) is 5.02 Å². The van der Waals surface area contributed by atoms with Crippen molar-refractivity contribution in [1.82, 2.24) is 20.2 Å². The van der Waals surface area contributed by atoms with Gasteiger partial charge in [-0.05, 0) is 56.5 Å². The first-order chi connectivity index (χ1) is 16.0. The van der Waals surface area contributed by atoms with Crippen molar-refractivity contribution in [1.29, 1.82) is 0 Å². The topological polar surface area (TPSA) is 61.3 Å². The zero-order valence-corrected chi connectivity index (χ0v) is 19.6. The summed E-state index contributed by atoms with van der Waals surface area (Å²) in [7, 11) is 0. The number of rotatable bonds is 4. The Labute approximate surface area is 198 Å². The number of aromatic nitrogens is 4. The molecule has 0 amide bonds. The Kier molecular flexibility index (Phi) is 6.01. The molecule has 1 unspecified atom stereocenters. The van der Waals surface area contributed by atoms with Crippen LogP contribution in [0.15, 0.2) is 36.5 Å². The molecule has 172 valence electrons. The number of anilines is 3. The number of hydrogen-bond acceptors (Lipinski definition) is 7. The minimum Gasteiger partial charge on any atom is -0.353 e. The Bertz CT molecular complexity index is 1150. The van der Waals surface area contributed by atoms with Crippen LogP contribution >= 0.6 is 11.6 Å². The molecule has 0 spiro atoms. The molecule has 5 rings (SSSR count). The molecule has 0 N–H and O–H groups in total. The lowest BCUT2D eigenvalue weighted by molar-refractivity contribution is 0.628. The summed E-state index contributed by atoms with van der Waals surface area (Å²) >= 11 is 6.07. The molecule has 33 heavy (non-hydrogen) atoms. The van der Waals surface area contributed by atoms with Crippen LogP contribution < -0.4 is 14.7 Å². The van der Waals surface area contributed by atoms with Gasteiger partial charge in [-0.15, -0.1) is 5.10 Å². The Morgan fingerprint density at radius 3 is 2.48 bits per heavy atom. The second-order valence-electron chi connectivity index (χ2n) is 8.74. The first-order valence-corrected chi connectivity index (χ1v) is 11.8. The highest BCUT2D eigenvalue weighted by atomic mass is 35.5. The lowest BCUT2D eigenvalue weighted by Gasteiger charge is -2.36. The molecule has 9 heteroatoms. The highest BCUT2D eigenvalue weighted by molar-refractivity contribution is 6.31. The third-order valence-corrected chi connectivity index (χ3v) is 6.82. The first kappa shape index (κ1) is 21.8. The smallest absolute Gasteiger partial charge is 0.228 e. The van der Waals surface area contributed by atoms with Crippen molar-refractivity contribution >= 4 is 29.2 Å². The van der Waals surface area contributed by atoms with Gasteiger partial charge in [-0.1, -0.05) is 11.6 Å². The number of piperazine rings is 1. The van der Waals surface area contributed by atoms with Crippen molar-refractivity contribution in [3.05, 3.63) is 52.9 Å². The second kappa shape index (κ2) is 9.09. The molecule has 2 aromatic heterocycles. The van der Waals surface area contributed by atoms with E-state index in [1.807, 2.05) is 12.1 Å². The van der Waals surface area contributed by atoms with Crippen LogP contribution in [0.25, 0.3) is 11.3 Å². The molecule has 7 nitrogen and oxygen atoms in total. The van der Waals surface area contributed by atoms with Gasteiger partial charge in [0.2, 0.25) is 5.95 Å². The predicted octanol–water partition coefficient (Wildman–Crippen LogP) is 4.35. The molecule has 0 radical (unpaired) electrons. The fraction of sp³-hybridized carbons (Fsp3) is 0.417. The van der Waals surface area contributed by atoms with Crippen LogP contribution in [0.1, 0.15) is 25.3 Å². The van der Waals surface area contributed by atoms with E-state index in [2.05, 4.69) is 38.7 Å². The maximum Gasteiger partial charge on any atom is 0.228 e. The molecule has 3 aromatic rings. The van der Waals surface area contributed by atoms with Gasteiger partial charge < -0.3 is 14.7 Å². The normalized spacial score (nSPS) is 18.8. The van der Waals surface area contributed by atoms with E-state index in [0.29, 0.717) is 6.04 Å². The highest BCUT2D eigenvalue weighted by Crippen LogP contribution is 2.31. The number of aryl methyl sites for hydroxylation is 1. The quantitative estimate of drug-likeness (QED) is 0.565. The van der Waals surface area contributed by atoms with Gasteiger partial charge >= 0.3 is 0 Å². The van der Waals surface area contributed by atoms with Gasteiger partial charge in [-0.3, -0.25) is 0 Å². The zero-order chi connectivity index (χ0) is 22.9. The maximum atomic E-state index is 13.8. The minimum atomic E-state index is -0.432. The summed E-state index contributed by atoms with van der Waals surface area (Å²) in [5.41, 5.74) is 2.66. The van der Waals surface area contributed by atoms with E-state index in [1.54, 1.807) is 18.3 Å². The van der Waals surface area contributed by atoms with Crippen molar-refractivity contribution in [3.8, 4) is 11.3 Å². The van der Waals surface area contributed by atoms with Crippen molar-refractivity contribution in [2.45, 2.75) is 32.7 Å². The highest BCUT2D eigenvalue weighted by Gasteiger charge is 2.26. The van der Waals surface area contributed by atoms with Crippen molar-refractivity contribution in [3.63, 3.8) is 0 Å². The molecular formula is C24H27ClFN7. The van der Waals surface area contributed by atoms with E-state index in [0.717, 1.165) is 80.0 Å². The summed E-state index contributed by atoms with van der Waals surface area (Å²) in [5.74, 6) is 2.11. The minimum absolute atomic E-state index is 0.0942. The molecule has 2 aliphatic rings. The summed E-state index contributed by atoms with van der Waals surface area (Å²) in [6.07, 6.45) is 3.98. The largest absolute Gasteiger partial charge is 0.353 e. The number of halogens is 2. The van der Waals surface area contributed by atoms with Crippen molar-refractivity contribution in [2.24, 2.45) is 0 Å². The fourth-order valence-corrected chi connectivity index (χ4v) is 4.77. The summed E-state index contributed by atoms with van der Waals surface area (Å²) in [6, 6.07) is 9.11. The fourth-order valence-electron chi connectivity index (χ4n) is 4.59. The van der Waals surface area contributed by atoms with Gasteiger partial charge in [-0.25, -0.2) is 9.37 Å². The van der Waals surface area contributed by atoms with E-state index in [9.17, 15) is 4.39 Å². The maximum absolute atomic E-state index is 13.8. The van der Waals surface area contributed by atoms with E-state index in [1.165, 1.54) is 6.07 Å². The SMILES string of the molecule is Cc1ccnnc1N1CCN(c2cc(-c3ccc(F)c(Cl)c3)nc(N3CCCC3C)n2)CC1. The van der Waals surface area contributed by atoms with Gasteiger partial charge in [0.15, 0.2) is 5.82 Å². The van der Waals surface area contributed by atoms with Crippen molar-refractivity contribution in [2.75, 3.05) is 47.4 Å². The Morgan fingerprint density at radius 2 is 1.79 bits per heavy atom. The molecule has 2 aliphatic heterocycles. The lowest BCUT2D eigenvalue weighted by atomic mass is 10.1. The Balaban J connectivity index is 1.45. The standard InChI is InChI=1S/C24H27ClFN7/c1-16-7-8-27-30-23(16)32-12-10-31(11-13-32)22-15-21(18-5-6-20(26)19(25)14-18)28-24(29-22)33-9-3-4-17(33)2/h5-8,14-15,17H,3-4,9-13H2,1-2H3. The predicted molar refractivity (Wildman–Crippen MR) is 130 cm³/mol. The van der Waals surface area contributed by atoms with E-state index < -0.39 is 5.82 Å². The summed E-state index contributed by atoms with van der Waals surface area (Å²) in [5, 5.41) is 8.47. The molecule has 2 saturated heterocycles. The van der Waals surface area contributed by atoms with Crippen LogP contribution in [-0.4, -0.2) is 58.9 Å². The number of benzene rings is 1. The van der Waals surface area contributed by atoms with Crippen LogP contribution in [0.3, 0.4) is 0 Å². The molecule has 0 bridgehead atoms. The zero-order valence-electron chi connectivity index (χ0n) is 18.9. The average Bonchev–Trinajstić information content (AvgIpc) is 3.27. The molecule has 1 aromatic carbocycles. The average molecular weight is 468 g/mol. The number of hydrogen-bond donors (Lipinski definition) is 0. The van der Waals surface area contributed by atoms with Gasteiger partial charge in [-0.2, -0.15) is 10.1 Å². The van der Waals surface area contributed by atoms with Crippen LogP contribution in [-0.2, 0) is 0 Å². The Hall–Kier alpha value is -3.00. The van der Waals surface area contributed by atoms with E-state index >= 15 is 0 Å². The second-order valence-corrected chi connectivity index (χ2v) is 9.14. The summed E-state index contributed by atoms with van der Waals surface area (Å²) < 4.78 is 13.8. The van der Waals surface area contributed by atoms with Gasteiger partial charge in [0, 0.05) is 50.4 Å². The van der Waals surface area contributed by atoms with Crippen LogP contribution in [0.5, 0.6) is 0 Å². The van der Waals surface area contributed by atoms with Crippen LogP contribution in [0.2, 0.25) is 5.02 Å².